The molecule has 0 spiro atoms. The maximum atomic E-state index is 12.6. The molecule has 4 atom stereocenters. The van der Waals surface area contributed by atoms with Crippen molar-refractivity contribution in [3.63, 3.8) is 0 Å². The lowest BCUT2D eigenvalue weighted by Crippen LogP contribution is -2.46. The van der Waals surface area contributed by atoms with Gasteiger partial charge in [-0.05, 0) is 35.1 Å². The molecule has 2 unspecified atom stereocenters. The Hall–Kier alpha value is -3.43. The minimum absolute atomic E-state index is 0.0156. The van der Waals surface area contributed by atoms with Gasteiger partial charge in [0.05, 0.1) is 24.7 Å². The van der Waals surface area contributed by atoms with E-state index in [2.05, 4.69) is 34.9 Å². The van der Waals surface area contributed by atoms with Gasteiger partial charge in [0.25, 0.3) is 0 Å². The van der Waals surface area contributed by atoms with E-state index in [-0.39, 0.29) is 37.7 Å². The molecule has 2 fully saturated rings. The van der Waals surface area contributed by atoms with Crippen molar-refractivity contribution < 1.29 is 33.7 Å². The fourth-order valence-electron chi connectivity index (χ4n) is 5.16. The predicted molar refractivity (Wildman–Crippen MR) is 125 cm³/mol. The fraction of sp³-hybridized carbons (Fsp3) is 0.423. The topological polar surface area (TPSA) is 123 Å². The quantitative estimate of drug-likeness (QED) is 0.556. The maximum absolute atomic E-state index is 12.6. The molecular weight excluding hydrogens is 452 g/mol. The number of carboxylic acids is 1. The molecule has 2 aromatic rings. The van der Waals surface area contributed by atoms with Crippen LogP contribution in [-0.4, -0.2) is 67.7 Å². The number of nitrogens with one attached hydrogen (secondary N) is 2. The van der Waals surface area contributed by atoms with E-state index in [4.69, 9.17) is 14.2 Å². The van der Waals surface area contributed by atoms with Crippen LogP contribution in [0.15, 0.2) is 48.5 Å². The SMILES string of the molecule is O=C(NCC1CC(C(=O)N[C@H]2CCO[C@H]2C(=O)O)CO1)OCC1c2ccccc2-c2ccccc21. The maximum Gasteiger partial charge on any atom is 0.407 e. The summed E-state index contributed by atoms with van der Waals surface area (Å²) in [5.74, 6) is -1.76. The highest BCUT2D eigenvalue weighted by molar-refractivity contribution is 5.81. The smallest absolute Gasteiger partial charge is 0.407 e. The van der Waals surface area contributed by atoms with Gasteiger partial charge in [0, 0.05) is 19.1 Å². The molecule has 9 heteroatoms. The van der Waals surface area contributed by atoms with Crippen molar-refractivity contribution in [1.82, 2.24) is 10.6 Å². The summed E-state index contributed by atoms with van der Waals surface area (Å²) in [5.41, 5.74) is 4.62. The van der Waals surface area contributed by atoms with E-state index in [9.17, 15) is 19.5 Å². The Morgan fingerprint density at radius 3 is 2.37 bits per heavy atom. The fourth-order valence-corrected chi connectivity index (χ4v) is 5.16. The summed E-state index contributed by atoms with van der Waals surface area (Å²) in [6.45, 7) is 0.972. The lowest BCUT2D eigenvalue weighted by Gasteiger charge is -2.18. The number of amides is 2. The van der Waals surface area contributed by atoms with Gasteiger partial charge in [-0.15, -0.1) is 0 Å². The summed E-state index contributed by atoms with van der Waals surface area (Å²) in [7, 11) is 0. The van der Waals surface area contributed by atoms with E-state index in [1.54, 1.807) is 0 Å². The third-order valence-electron chi connectivity index (χ3n) is 6.93. The average Bonchev–Trinajstić information content (AvgIpc) is 3.59. The van der Waals surface area contributed by atoms with Crippen LogP contribution in [0.3, 0.4) is 0 Å². The van der Waals surface area contributed by atoms with E-state index in [0.717, 1.165) is 11.1 Å². The zero-order chi connectivity index (χ0) is 24.4. The minimum Gasteiger partial charge on any atom is -0.479 e. The van der Waals surface area contributed by atoms with E-state index in [1.165, 1.54) is 11.1 Å². The molecule has 0 aromatic heterocycles. The molecule has 35 heavy (non-hydrogen) atoms. The van der Waals surface area contributed by atoms with E-state index in [1.807, 2.05) is 24.3 Å². The van der Waals surface area contributed by atoms with Gasteiger partial charge in [0.15, 0.2) is 6.10 Å². The normalized spacial score (nSPS) is 25.0. The van der Waals surface area contributed by atoms with Crippen LogP contribution < -0.4 is 10.6 Å². The Morgan fingerprint density at radius 1 is 1.00 bits per heavy atom. The zero-order valence-corrected chi connectivity index (χ0v) is 19.1. The van der Waals surface area contributed by atoms with Crippen LogP contribution in [0.1, 0.15) is 29.9 Å². The molecule has 0 radical (unpaired) electrons. The van der Waals surface area contributed by atoms with Crippen molar-refractivity contribution in [2.45, 2.75) is 37.0 Å². The molecule has 2 aliphatic heterocycles. The van der Waals surface area contributed by atoms with Crippen LogP contribution in [0, 0.1) is 5.92 Å². The van der Waals surface area contributed by atoms with E-state index < -0.39 is 30.1 Å². The Kier molecular flexibility index (Phi) is 6.70. The van der Waals surface area contributed by atoms with Gasteiger partial charge in [0.2, 0.25) is 5.91 Å². The largest absolute Gasteiger partial charge is 0.479 e. The van der Waals surface area contributed by atoms with Crippen LogP contribution >= 0.6 is 0 Å². The average molecular weight is 481 g/mol. The summed E-state index contributed by atoms with van der Waals surface area (Å²) in [4.78, 5) is 36.2. The van der Waals surface area contributed by atoms with Crippen LogP contribution in [0.4, 0.5) is 4.79 Å². The van der Waals surface area contributed by atoms with Crippen molar-refractivity contribution in [2.24, 2.45) is 5.92 Å². The highest BCUT2D eigenvalue weighted by Crippen LogP contribution is 2.44. The van der Waals surface area contributed by atoms with E-state index >= 15 is 0 Å². The highest BCUT2D eigenvalue weighted by Gasteiger charge is 2.38. The third kappa shape index (κ3) is 4.87. The first kappa shape index (κ1) is 23.3. The number of aliphatic carboxylic acids is 1. The molecule has 0 bridgehead atoms. The van der Waals surface area contributed by atoms with Crippen molar-refractivity contribution in [1.29, 1.82) is 0 Å². The number of hydrogen-bond donors (Lipinski definition) is 3. The monoisotopic (exact) mass is 480 g/mol. The second-order valence-electron chi connectivity index (χ2n) is 9.13. The number of rotatable bonds is 7. The summed E-state index contributed by atoms with van der Waals surface area (Å²) in [6, 6.07) is 15.7. The highest BCUT2D eigenvalue weighted by atomic mass is 16.5. The van der Waals surface area contributed by atoms with Crippen LogP contribution in [0.5, 0.6) is 0 Å². The summed E-state index contributed by atoms with van der Waals surface area (Å²) >= 11 is 0. The second-order valence-corrected chi connectivity index (χ2v) is 9.13. The van der Waals surface area contributed by atoms with Gasteiger partial charge in [0.1, 0.15) is 6.61 Å². The number of carbonyl (C=O) groups is 3. The molecule has 3 N–H and O–H groups in total. The first-order valence-electron chi connectivity index (χ1n) is 11.9. The molecule has 2 aromatic carbocycles. The van der Waals surface area contributed by atoms with Gasteiger partial charge in [-0.2, -0.15) is 0 Å². The Balaban J connectivity index is 1.08. The van der Waals surface area contributed by atoms with Gasteiger partial charge < -0.3 is 30.0 Å². The second kappa shape index (κ2) is 10.1. The minimum atomic E-state index is -1.08. The molecule has 2 heterocycles. The van der Waals surface area contributed by atoms with Gasteiger partial charge in [-0.1, -0.05) is 48.5 Å². The number of carboxylic acid groups (broad SMARTS) is 1. The van der Waals surface area contributed by atoms with Crippen LogP contribution in [0.2, 0.25) is 0 Å². The molecule has 0 saturated carbocycles. The lowest BCUT2D eigenvalue weighted by molar-refractivity contribution is -0.148. The van der Waals surface area contributed by atoms with E-state index in [0.29, 0.717) is 19.4 Å². The molecule has 5 rings (SSSR count). The third-order valence-corrected chi connectivity index (χ3v) is 6.93. The zero-order valence-electron chi connectivity index (χ0n) is 19.1. The summed E-state index contributed by atoms with van der Waals surface area (Å²) in [6.07, 6.45) is -0.978. The molecule has 1 aliphatic carbocycles. The van der Waals surface area contributed by atoms with Crippen molar-refractivity contribution in [3.05, 3.63) is 59.7 Å². The number of alkyl carbamates (subject to hydrolysis) is 1. The first-order valence-corrected chi connectivity index (χ1v) is 11.9. The standard InChI is InChI=1S/C26H28N2O7/c29-24(28-22-9-10-33-23(22)25(30)31)15-11-16(34-13-15)12-27-26(32)35-14-21-19-7-3-1-5-17(19)18-6-2-4-8-20(18)21/h1-8,15-16,21-23H,9-14H2,(H,27,32)(H,28,29)(H,30,31)/t15?,16?,22-,23+/m0/s1. The van der Waals surface area contributed by atoms with Crippen LogP contribution in [0.25, 0.3) is 11.1 Å². The van der Waals surface area contributed by atoms with Crippen molar-refractivity contribution >= 4 is 18.0 Å². The first-order chi connectivity index (χ1) is 17.0. The van der Waals surface area contributed by atoms with Gasteiger partial charge >= 0.3 is 12.1 Å². The number of ether oxygens (including phenoxy) is 3. The van der Waals surface area contributed by atoms with Crippen molar-refractivity contribution in [2.75, 3.05) is 26.4 Å². The number of benzene rings is 2. The summed E-state index contributed by atoms with van der Waals surface area (Å²) < 4.78 is 16.4. The molecular formula is C26H28N2O7. The van der Waals surface area contributed by atoms with Gasteiger partial charge in [-0.3, -0.25) is 4.79 Å². The predicted octanol–water partition coefficient (Wildman–Crippen LogP) is 2.29. The molecule has 9 nitrogen and oxygen atoms in total. The lowest BCUT2D eigenvalue weighted by atomic mass is 9.98. The molecule has 3 aliphatic rings. The van der Waals surface area contributed by atoms with Crippen molar-refractivity contribution in [3.8, 4) is 11.1 Å². The Labute approximate surface area is 202 Å². The number of hydrogen-bond acceptors (Lipinski definition) is 6. The molecule has 2 amide bonds. The number of fused-ring (bicyclic) bond motifs is 3. The van der Waals surface area contributed by atoms with Crippen LogP contribution in [-0.2, 0) is 23.8 Å². The number of carbonyl (C=O) groups excluding carboxylic acids is 2. The summed E-state index contributed by atoms with van der Waals surface area (Å²) in [5, 5.41) is 14.7. The van der Waals surface area contributed by atoms with Gasteiger partial charge in [-0.25, -0.2) is 9.59 Å². The Morgan fingerprint density at radius 2 is 1.69 bits per heavy atom. The Bertz CT molecular complexity index is 1070. The molecule has 184 valence electrons. The molecule has 2 saturated heterocycles.